The molecule has 92 valence electrons. The minimum absolute atomic E-state index is 0.212. The van der Waals surface area contributed by atoms with Crippen molar-refractivity contribution in [1.82, 2.24) is 9.88 Å². The van der Waals surface area contributed by atoms with Crippen LogP contribution in [0.1, 0.15) is 19.4 Å². The fraction of sp³-hybridized carbons (Fsp3) is 0.429. The summed E-state index contributed by atoms with van der Waals surface area (Å²) in [5.74, 6) is 0.941. The summed E-state index contributed by atoms with van der Waals surface area (Å²) in [6, 6.07) is 6.28. The van der Waals surface area contributed by atoms with Gasteiger partial charge in [-0.25, -0.2) is 0 Å². The van der Waals surface area contributed by atoms with Crippen molar-refractivity contribution in [1.29, 1.82) is 0 Å². The van der Waals surface area contributed by atoms with Crippen LogP contribution in [0.5, 0.6) is 5.75 Å². The van der Waals surface area contributed by atoms with E-state index in [1.54, 1.807) is 0 Å². The number of aryl methyl sites for hydroxylation is 1. The van der Waals surface area contributed by atoms with E-state index < -0.39 is 0 Å². The van der Waals surface area contributed by atoms with Gasteiger partial charge in [-0.2, -0.15) is 0 Å². The minimum Gasteiger partial charge on any atom is -0.491 e. The number of ether oxygens (including phenoxy) is 1. The fourth-order valence-corrected chi connectivity index (χ4v) is 2.13. The molecule has 1 aromatic carbocycles. The maximum Gasteiger partial charge on any atom is 0.120 e. The summed E-state index contributed by atoms with van der Waals surface area (Å²) in [6.07, 6.45) is 2.38. The number of benzene rings is 1. The van der Waals surface area contributed by atoms with Crippen molar-refractivity contribution in [3.63, 3.8) is 0 Å². The average Bonchev–Trinajstić information content (AvgIpc) is 2.55. The molecular formula is C14H20N2O. The number of rotatable bonds is 4. The molecule has 3 nitrogen and oxygen atoms in total. The Labute approximate surface area is 102 Å². The molecule has 3 heteroatoms. The summed E-state index contributed by atoms with van der Waals surface area (Å²) in [5, 5.41) is 4.46. The molecule has 1 heterocycles. The maximum atomic E-state index is 5.74. The fourth-order valence-electron chi connectivity index (χ4n) is 2.13. The zero-order chi connectivity index (χ0) is 12.4. The van der Waals surface area contributed by atoms with Gasteiger partial charge in [0, 0.05) is 30.7 Å². The van der Waals surface area contributed by atoms with E-state index in [9.17, 15) is 0 Å². The van der Waals surface area contributed by atoms with Crippen molar-refractivity contribution < 1.29 is 4.74 Å². The highest BCUT2D eigenvalue weighted by Gasteiger charge is 2.07. The topological polar surface area (TPSA) is 26.2 Å². The Morgan fingerprint density at radius 2 is 2.12 bits per heavy atom. The summed E-state index contributed by atoms with van der Waals surface area (Å²) in [5.41, 5.74) is 2.55. The Balaban J connectivity index is 2.46. The van der Waals surface area contributed by atoms with Crippen LogP contribution >= 0.6 is 0 Å². The van der Waals surface area contributed by atoms with Crippen LogP contribution < -0.4 is 10.1 Å². The van der Waals surface area contributed by atoms with Gasteiger partial charge in [-0.05, 0) is 44.7 Å². The van der Waals surface area contributed by atoms with Crippen molar-refractivity contribution in [2.24, 2.45) is 7.05 Å². The molecule has 17 heavy (non-hydrogen) atoms. The van der Waals surface area contributed by atoms with Crippen molar-refractivity contribution in [3.8, 4) is 5.75 Å². The molecule has 0 amide bonds. The molecule has 0 aliphatic carbocycles. The van der Waals surface area contributed by atoms with Gasteiger partial charge >= 0.3 is 0 Å². The summed E-state index contributed by atoms with van der Waals surface area (Å²) >= 11 is 0. The minimum atomic E-state index is 0.212. The van der Waals surface area contributed by atoms with Crippen LogP contribution in [0.4, 0.5) is 0 Å². The molecule has 0 fully saturated rings. The Hall–Kier alpha value is -1.48. The second kappa shape index (κ2) is 4.80. The van der Waals surface area contributed by atoms with Crippen molar-refractivity contribution in [2.75, 3.05) is 7.05 Å². The Kier molecular flexibility index (Phi) is 3.38. The highest BCUT2D eigenvalue weighted by atomic mass is 16.5. The van der Waals surface area contributed by atoms with E-state index in [-0.39, 0.29) is 6.10 Å². The number of nitrogens with zero attached hydrogens (tertiary/aromatic N) is 1. The zero-order valence-corrected chi connectivity index (χ0v) is 10.9. The highest BCUT2D eigenvalue weighted by molar-refractivity contribution is 5.85. The number of hydrogen-bond donors (Lipinski definition) is 1. The van der Waals surface area contributed by atoms with Gasteiger partial charge in [-0.3, -0.25) is 0 Å². The standard InChI is InChI=1S/C14H20N2O/c1-10(2)17-12-5-6-14-13(7-12)11(8-15-3)9-16(14)4/h5-7,9-10,15H,8H2,1-4H3. The smallest absolute Gasteiger partial charge is 0.120 e. The number of fused-ring (bicyclic) bond motifs is 1. The third-order valence-electron chi connectivity index (χ3n) is 2.78. The first-order valence-corrected chi connectivity index (χ1v) is 6.01. The lowest BCUT2D eigenvalue weighted by molar-refractivity contribution is 0.243. The van der Waals surface area contributed by atoms with Gasteiger partial charge in [0.2, 0.25) is 0 Å². The summed E-state index contributed by atoms with van der Waals surface area (Å²) in [7, 11) is 4.04. The van der Waals surface area contributed by atoms with E-state index in [0.29, 0.717) is 0 Å². The molecular weight excluding hydrogens is 212 g/mol. The molecule has 2 rings (SSSR count). The van der Waals surface area contributed by atoms with E-state index in [1.807, 2.05) is 27.0 Å². The van der Waals surface area contributed by atoms with E-state index in [2.05, 4.69) is 35.3 Å². The molecule has 0 radical (unpaired) electrons. The van der Waals surface area contributed by atoms with E-state index >= 15 is 0 Å². The summed E-state index contributed by atoms with van der Waals surface area (Å²) in [4.78, 5) is 0. The Morgan fingerprint density at radius 3 is 2.76 bits per heavy atom. The highest BCUT2D eigenvalue weighted by Crippen LogP contribution is 2.26. The molecule has 1 aromatic heterocycles. The Bertz CT molecular complexity index is 514. The Morgan fingerprint density at radius 1 is 1.35 bits per heavy atom. The lowest BCUT2D eigenvalue weighted by Crippen LogP contribution is -2.06. The van der Waals surface area contributed by atoms with Gasteiger partial charge in [0.1, 0.15) is 5.75 Å². The van der Waals surface area contributed by atoms with Gasteiger partial charge in [0.25, 0.3) is 0 Å². The molecule has 0 atom stereocenters. The van der Waals surface area contributed by atoms with Crippen LogP contribution in [0.2, 0.25) is 0 Å². The molecule has 0 aliphatic rings. The maximum absolute atomic E-state index is 5.74. The van der Waals surface area contributed by atoms with E-state index in [1.165, 1.54) is 16.5 Å². The third kappa shape index (κ3) is 2.44. The SMILES string of the molecule is CNCc1cn(C)c2ccc(OC(C)C)cc12. The summed E-state index contributed by atoms with van der Waals surface area (Å²) < 4.78 is 7.89. The predicted molar refractivity (Wildman–Crippen MR) is 71.4 cm³/mol. The lowest BCUT2D eigenvalue weighted by atomic mass is 10.1. The van der Waals surface area contributed by atoms with Gasteiger partial charge in [-0.1, -0.05) is 0 Å². The molecule has 0 bridgehead atoms. The molecule has 2 aromatic rings. The van der Waals surface area contributed by atoms with Crippen LogP contribution in [0.25, 0.3) is 10.9 Å². The van der Waals surface area contributed by atoms with Crippen molar-refractivity contribution in [3.05, 3.63) is 30.0 Å². The van der Waals surface area contributed by atoms with Crippen LogP contribution in [-0.2, 0) is 13.6 Å². The van der Waals surface area contributed by atoms with Gasteiger partial charge in [0.05, 0.1) is 6.10 Å². The zero-order valence-electron chi connectivity index (χ0n) is 10.9. The van der Waals surface area contributed by atoms with Gasteiger partial charge in [-0.15, -0.1) is 0 Å². The second-order valence-electron chi connectivity index (χ2n) is 4.64. The third-order valence-corrected chi connectivity index (χ3v) is 2.78. The molecule has 1 N–H and O–H groups in total. The van der Waals surface area contributed by atoms with Crippen LogP contribution in [-0.4, -0.2) is 17.7 Å². The first-order chi connectivity index (χ1) is 8.11. The molecule has 0 aliphatic heterocycles. The first kappa shape index (κ1) is 12.0. The molecule has 0 saturated carbocycles. The lowest BCUT2D eigenvalue weighted by Gasteiger charge is -2.10. The van der Waals surface area contributed by atoms with Crippen LogP contribution in [0.15, 0.2) is 24.4 Å². The normalized spacial score (nSPS) is 11.4. The molecule has 0 unspecified atom stereocenters. The van der Waals surface area contributed by atoms with Crippen LogP contribution in [0, 0.1) is 0 Å². The number of aromatic nitrogens is 1. The number of hydrogen-bond acceptors (Lipinski definition) is 2. The first-order valence-electron chi connectivity index (χ1n) is 6.01. The molecule has 0 saturated heterocycles. The van der Waals surface area contributed by atoms with Crippen molar-refractivity contribution in [2.45, 2.75) is 26.5 Å². The molecule has 0 spiro atoms. The summed E-state index contributed by atoms with van der Waals surface area (Å²) in [6.45, 7) is 4.97. The quantitative estimate of drug-likeness (QED) is 0.877. The van der Waals surface area contributed by atoms with E-state index in [4.69, 9.17) is 4.74 Å². The monoisotopic (exact) mass is 232 g/mol. The van der Waals surface area contributed by atoms with E-state index in [0.717, 1.165) is 12.3 Å². The number of nitrogens with one attached hydrogen (secondary N) is 1. The van der Waals surface area contributed by atoms with Crippen LogP contribution in [0.3, 0.4) is 0 Å². The second-order valence-corrected chi connectivity index (χ2v) is 4.64. The van der Waals surface area contributed by atoms with Crippen molar-refractivity contribution >= 4 is 10.9 Å². The van der Waals surface area contributed by atoms with Gasteiger partial charge in [0.15, 0.2) is 0 Å². The predicted octanol–water partition coefficient (Wildman–Crippen LogP) is 2.68. The average molecular weight is 232 g/mol. The van der Waals surface area contributed by atoms with Gasteiger partial charge < -0.3 is 14.6 Å². The largest absolute Gasteiger partial charge is 0.491 e.